The largest absolute Gasteiger partial charge is 0.462 e. The Bertz CT molecular complexity index is 972. The van der Waals surface area contributed by atoms with Crippen LogP contribution in [0.3, 0.4) is 0 Å². The monoisotopic (exact) mass is 488 g/mol. The van der Waals surface area contributed by atoms with Gasteiger partial charge in [0.05, 0.1) is 11.8 Å². The number of allylic oxidation sites excluding steroid dienone is 1. The van der Waals surface area contributed by atoms with E-state index in [-0.39, 0.29) is 59.3 Å². The molecule has 0 bridgehead atoms. The van der Waals surface area contributed by atoms with Gasteiger partial charge in [-0.3, -0.25) is 19.2 Å². The minimum absolute atomic E-state index is 0.0444. The number of esters is 3. The standard InChI is InChI=1S/C28H40O7/c1-14(2)26(32)34-24-17(5)13-28(35-19(7)30)21(24)10-15(3)11-22(33-18(6)29)23-20(27(23,8)9)12-16(4)25(28)31/h10,12,14,17,20-24H,11,13H2,1-9H3/b15-10+,16-12+/t17-,20-,21+,22?,23-,24+,28-/m1/s1. The van der Waals surface area contributed by atoms with Gasteiger partial charge in [-0.25, -0.2) is 0 Å². The Hall–Kier alpha value is -2.44. The Morgan fingerprint density at radius 3 is 2.17 bits per heavy atom. The van der Waals surface area contributed by atoms with Crippen LogP contribution < -0.4 is 0 Å². The number of ketones is 1. The Morgan fingerprint density at radius 2 is 1.63 bits per heavy atom. The molecule has 7 atom stereocenters. The van der Waals surface area contributed by atoms with E-state index in [2.05, 4.69) is 13.8 Å². The first-order chi connectivity index (χ1) is 16.1. The van der Waals surface area contributed by atoms with Crippen molar-refractivity contribution in [2.24, 2.45) is 35.0 Å². The summed E-state index contributed by atoms with van der Waals surface area (Å²) in [5.74, 6) is -2.60. The molecule has 0 heterocycles. The minimum atomic E-state index is -1.47. The van der Waals surface area contributed by atoms with Gasteiger partial charge in [-0.15, -0.1) is 0 Å². The van der Waals surface area contributed by atoms with Crippen molar-refractivity contribution in [2.75, 3.05) is 0 Å². The van der Waals surface area contributed by atoms with Crippen molar-refractivity contribution in [1.29, 1.82) is 0 Å². The zero-order valence-electron chi connectivity index (χ0n) is 22.5. The maximum Gasteiger partial charge on any atom is 0.308 e. The SMILES string of the molecule is CC(=O)OC1C/C(C)=C/[C@H]2[C@@H](OC(=O)C(C)C)[C@H](C)C[C@]2(OC(C)=O)C(=O)/C(C)=C/[C@@H]2[C@H]1C2(C)C. The van der Waals surface area contributed by atoms with Crippen molar-refractivity contribution in [3.05, 3.63) is 23.3 Å². The first-order valence-corrected chi connectivity index (χ1v) is 12.6. The number of carbonyl (C=O) groups is 4. The summed E-state index contributed by atoms with van der Waals surface area (Å²) >= 11 is 0. The molecule has 0 aliphatic heterocycles. The smallest absolute Gasteiger partial charge is 0.308 e. The maximum absolute atomic E-state index is 14.1. The lowest BCUT2D eigenvalue weighted by Crippen LogP contribution is -2.49. The van der Waals surface area contributed by atoms with Crippen LogP contribution in [0.15, 0.2) is 23.3 Å². The molecule has 194 valence electrons. The molecule has 0 saturated heterocycles. The van der Waals surface area contributed by atoms with Gasteiger partial charge in [-0.1, -0.05) is 52.3 Å². The third kappa shape index (κ3) is 5.10. The molecule has 0 radical (unpaired) electrons. The van der Waals surface area contributed by atoms with Gasteiger partial charge in [0.25, 0.3) is 0 Å². The van der Waals surface area contributed by atoms with E-state index >= 15 is 0 Å². The quantitative estimate of drug-likeness (QED) is 0.325. The lowest BCUT2D eigenvalue weighted by Gasteiger charge is -2.34. The lowest BCUT2D eigenvalue weighted by atomic mass is 9.81. The fourth-order valence-electron chi connectivity index (χ4n) is 6.27. The molecule has 2 fully saturated rings. The van der Waals surface area contributed by atoms with Crippen molar-refractivity contribution < 1.29 is 33.4 Å². The zero-order chi connectivity index (χ0) is 26.5. The molecule has 7 heteroatoms. The van der Waals surface area contributed by atoms with Gasteiger partial charge in [-0.05, 0) is 36.7 Å². The highest BCUT2D eigenvalue weighted by molar-refractivity contribution is 6.03. The Balaban J connectivity index is 2.17. The summed E-state index contributed by atoms with van der Waals surface area (Å²) < 4.78 is 17.6. The van der Waals surface area contributed by atoms with Crippen LogP contribution in [0.4, 0.5) is 0 Å². The van der Waals surface area contributed by atoms with E-state index in [1.54, 1.807) is 20.8 Å². The number of carbonyl (C=O) groups excluding carboxylic acids is 4. The van der Waals surface area contributed by atoms with Gasteiger partial charge in [0.2, 0.25) is 5.78 Å². The van der Waals surface area contributed by atoms with Gasteiger partial charge < -0.3 is 14.2 Å². The highest BCUT2D eigenvalue weighted by atomic mass is 16.6. The van der Waals surface area contributed by atoms with E-state index < -0.39 is 23.6 Å². The van der Waals surface area contributed by atoms with E-state index in [1.165, 1.54) is 13.8 Å². The summed E-state index contributed by atoms with van der Waals surface area (Å²) in [6, 6.07) is 0. The van der Waals surface area contributed by atoms with E-state index in [9.17, 15) is 19.2 Å². The molecule has 7 nitrogen and oxygen atoms in total. The third-order valence-electron chi connectivity index (χ3n) is 8.00. The lowest BCUT2D eigenvalue weighted by molar-refractivity contribution is -0.170. The second kappa shape index (κ2) is 9.55. The minimum Gasteiger partial charge on any atom is -0.462 e. The fourth-order valence-corrected chi connectivity index (χ4v) is 6.27. The van der Waals surface area contributed by atoms with Crippen LogP contribution in [0.5, 0.6) is 0 Å². The normalized spacial score (nSPS) is 39.1. The number of rotatable bonds is 4. The first kappa shape index (κ1) is 27.2. The van der Waals surface area contributed by atoms with Gasteiger partial charge in [0.1, 0.15) is 12.2 Å². The maximum atomic E-state index is 14.1. The van der Waals surface area contributed by atoms with Crippen LogP contribution >= 0.6 is 0 Å². The van der Waals surface area contributed by atoms with E-state index in [1.807, 2.05) is 26.0 Å². The predicted octanol–water partition coefficient (Wildman–Crippen LogP) is 4.58. The number of hydrogen-bond donors (Lipinski definition) is 0. The average molecular weight is 489 g/mol. The summed E-state index contributed by atoms with van der Waals surface area (Å²) in [7, 11) is 0. The molecule has 0 N–H and O–H groups in total. The fraction of sp³-hybridized carbons (Fsp3) is 0.714. The average Bonchev–Trinajstić information content (AvgIpc) is 3.16. The van der Waals surface area contributed by atoms with Gasteiger partial charge in [0, 0.05) is 32.6 Å². The molecule has 3 aliphatic carbocycles. The summed E-state index contributed by atoms with van der Waals surface area (Å²) in [5, 5.41) is 0. The van der Waals surface area contributed by atoms with Crippen LogP contribution in [0.25, 0.3) is 0 Å². The van der Waals surface area contributed by atoms with E-state index in [4.69, 9.17) is 14.2 Å². The Kier molecular flexibility index (Phi) is 7.41. The molecule has 0 aromatic heterocycles. The van der Waals surface area contributed by atoms with Gasteiger partial charge in [0.15, 0.2) is 5.60 Å². The highest BCUT2D eigenvalue weighted by Crippen LogP contribution is 2.63. The number of ether oxygens (including phenoxy) is 3. The van der Waals surface area contributed by atoms with Crippen molar-refractivity contribution in [2.45, 2.75) is 93.0 Å². The van der Waals surface area contributed by atoms with Crippen LogP contribution in [0.2, 0.25) is 0 Å². The Morgan fingerprint density at radius 1 is 1.00 bits per heavy atom. The van der Waals surface area contributed by atoms with Crippen molar-refractivity contribution in [3.8, 4) is 0 Å². The molecular formula is C28H40O7. The zero-order valence-corrected chi connectivity index (χ0v) is 22.5. The Labute approximate surface area is 208 Å². The van der Waals surface area contributed by atoms with Crippen LogP contribution in [-0.4, -0.2) is 41.5 Å². The molecule has 3 aliphatic rings. The van der Waals surface area contributed by atoms with Crippen LogP contribution in [-0.2, 0) is 33.4 Å². The van der Waals surface area contributed by atoms with Gasteiger partial charge >= 0.3 is 17.9 Å². The number of Topliss-reactive ketones (excluding diaryl/α,β-unsaturated/α-hetero) is 1. The van der Waals surface area contributed by atoms with E-state index in [0.717, 1.165) is 5.57 Å². The number of fused-ring (bicyclic) bond motifs is 2. The summed E-state index contributed by atoms with van der Waals surface area (Å²) in [5.41, 5.74) is -0.209. The van der Waals surface area contributed by atoms with Gasteiger partial charge in [-0.2, -0.15) is 0 Å². The molecule has 0 aromatic rings. The molecule has 35 heavy (non-hydrogen) atoms. The molecule has 2 saturated carbocycles. The molecule has 0 spiro atoms. The van der Waals surface area contributed by atoms with Crippen molar-refractivity contribution in [1.82, 2.24) is 0 Å². The topological polar surface area (TPSA) is 96.0 Å². The second-order valence-electron chi connectivity index (χ2n) is 11.7. The summed E-state index contributed by atoms with van der Waals surface area (Å²) in [6.07, 6.45) is 3.62. The second-order valence-corrected chi connectivity index (χ2v) is 11.7. The molecule has 1 unspecified atom stereocenters. The van der Waals surface area contributed by atoms with E-state index in [0.29, 0.717) is 12.0 Å². The molecule has 3 rings (SSSR count). The third-order valence-corrected chi connectivity index (χ3v) is 8.00. The first-order valence-electron chi connectivity index (χ1n) is 12.6. The number of hydrogen-bond acceptors (Lipinski definition) is 7. The highest BCUT2D eigenvalue weighted by Gasteiger charge is 2.63. The summed E-state index contributed by atoms with van der Waals surface area (Å²) in [6.45, 7) is 16.0. The predicted molar refractivity (Wildman–Crippen MR) is 130 cm³/mol. The molecular weight excluding hydrogens is 448 g/mol. The molecule has 0 aromatic carbocycles. The van der Waals surface area contributed by atoms with Crippen molar-refractivity contribution >= 4 is 23.7 Å². The van der Waals surface area contributed by atoms with Crippen LogP contribution in [0, 0.1) is 35.0 Å². The van der Waals surface area contributed by atoms with Crippen molar-refractivity contribution in [3.63, 3.8) is 0 Å². The van der Waals surface area contributed by atoms with Crippen LogP contribution in [0.1, 0.15) is 75.2 Å². The summed E-state index contributed by atoms with van der Waals surface area (Å²) in [4.78, 5) is 50.9. The molecule has 0 amide bonds.